The SMILES string of the molecule is CCOC(=O)c1oc2ccc(CC(=O)[C@H]3NCC[C@H]3C3CCCCC3)cc2c1C.Cl. The van der Waals surface area contributed by atoms with Crippen molar-refractivity contribution in [2.24, 2.45) is 11.8 Å². The van der Waals surface area contributed by atoms with Crippen LogP contribution in [0.1, 0.15) is 67.1 Å². The molecule has 1 aromatic heterocycles. The van der Waals surface area contributed by atoms with Gasteiger partial charge >= 0.3 is 5.97 Å². The number of esters is 1. The summed E-state index contributed by atoms with van der Waals surface area (Å²) in [6, 6.07) is 5.76. The minimum Gasteiger partial charge on any atom is -0.460 e. The Bertz CT molecular complexity index is 900. The Kier molecular flexibility index (Phi) is 7.59. The summed E-state index contributed by atoms with van der Waals surface area (Å²) in [5, 5.41) is 4.35. The van der Waals surface area contributed by atoms with E-state index in [0.29, 0.717) is 30.4 Å². The summed E-state index contributed by atoms with van der Waals surface area (Å²) in [7, 11) is 0. The Labute approximate surface area is 184 Å². The number of ether oxygens (including phenoxy) is 1. The fourth-order valence-electron chi connectivity index (χ4n) is 5.23. The van der Waals surface area contributed by atoms with Crippen molar-refractivity contribution >= 4 is 35.1 Å². The van der Waals surface area contributed by atoms with Gasteiger partial charge in [-0.25, -0.2) is 4.79 Å². The van der Waals surface area contributed by atoms with Crippen molar-refractivity contribution in [2.75, 3.05) is 13.2 Å². The van der Waals surface area contributed by atoms with E-state index in [4.69, 9.17) is 9.15 Å². The lowest BCUT2D eigenvalue weighted by Gasteiger charge is -2.30. The number of hydrogen-bond donors (Lipinski definition) is 1. The van der Waals surface area contributed by atoms with E-state index in [1.165, 1.54) is 32.1 Å². The average Bonchev–Trinajstić information content (AvgIpc) is 3.34. The lowest BCUT2D eigenvalue weighted by atomic mass is 9.75. The predicted molar refractivity (Wildman–Crippen MR) is 119 cm³/mol. The number of fused-ring (bicyclic) bond motifs is 1. The second-order valence-electron chi connectivity index (χ2n) is 8.53. The standard InChI is InChI=1S/C24H31NO4.ClH/c1-3-28-24(27)23-15(2)19-13-16(9-10-21(19)29-23)14-20(26)22-18(11-12-25-22)17-7-5-4-6-8-17;/h9-10,13,17-18,22,25H,3-8,11-12,14H2,1-2H3;1H/t18-,22-;/m0./s1. The van der Waals surface area contributed by atoms with Crippen LogP contribution >= 0.6 is 12.4 Å². The molecule has 1 saturated heterocycles. The number of aryl methyl sites for hydroxylation is 1. The van der Waals surface area contributed by atoms with Crippen LogP contribution in [-0.4, -0.2) is 30.9 Å². The molecule has 5 nitrogen and oxygen atoms in total. The number of furan rings is 1. The van der Waals surface area contributed by atoms with E-state index in [-0.39, 0.29) is 30.0 Å². The van der Waals surface area contributed by atoms with Crippen LogP contribution in [0.25, 0.3) is 11.0 Å². The molecule has 2 atom stereocenters. The van der Waals surface area contributed by atoms with Crippen LogP contribution in [0.15, 0.2) is 22.6 Å². The average molecular weight is 434 g/mol. The molecule has 30 heavy (non-hydrogen) atoms. The quantitative estimate of drug-likeness (QED) is 0.648. The maximum absolute atomic E-state index is 13.1. The van der Waals surface area contributed by atoms with Crippen molar-refractivity contribution < 1.29 is 18.7 Å². The van der Waals surface area contributed by atoms with E-state index in [9.17, 15) is 9.59 Å². The first-order valence-corrected chi connectivity index (χ1v) is 11.0. The number of hydrogen-bond acceptors (Lipinski definition) is 5. The second-order valence-corrected chi connectivity index (χ2v) is 8.53. The third kappa shape index (κ3) is 4.57. The lowest BCUT2D eigenvalue weighted by molar-refractivity contribution is -0.121. The molecule has 2 heterocycles. The molecule has 1 aromatic carbocycles. The van der Waals surface area contributed by atoms with E-state index in [1.54, 1.807) is 6.92 Å². The summed E-state index contributed by atoms with van der Waals surface area (Å²) in [5.74, 6) is 1.27. The third-order valence-corrected chi connectivity index (χ3v) is 6.71. The van der Waals surface area contributed by atoms with Gasteiger partial charge in [0.05, 0.1) is 12.6 Å². The minimum atomic E-state index is -0.440. The van der Waals surface area contributed by atoms with Crippen molar-refractivity contribution in [3.8, 4) is 0 Å². The number of carbonyl (C=O) groups excluding carboxylic acids is 2. The molecule has 2 fully saturated rings. The molecule has 2 aromatic rings. The smallest absolute Gasteiger partial charge is 0.374 e. The summed E-state index contributed by atoms with van der Waals surface area (Å²) in [6.45, 7) is 4.89. The molecular weight excluding hydrogens is 402 g/mol. The van der Waals surface area contributed by atoms with Crippen molar-refractivity contribution in [3.05, 3.63) is 35.1 Å². The van der Waals surface area contributed by atoms with Crippen LogP contribution in [0.4, 0.5) is 0 Å². The number of benzene rings is 1. The summed E-state index contributed by atoms with van der Waals surface area (Å²) < 4.78 is 10.8. The van der Waals surface area contributed by atoms with Gasteiger partial charge in [0.1, 0.15) is 5.58 Å². The molecule has 2 aliphatic rings. The Hall–Kier alpha value is -1.85. The van der Waals surface area contributed by atoms with Crippen molar-refractivity contribution in [3.63, 3.8) is 0 Å². The van der Waals surface area contributed by atoms with Gasteiger partial charge in [-0.1, -0.05) is 38.2 Å². The molecule has 0 unspecified atom stereocenters. The first kappa shape index (κ1) is 22.8. The summed E-state index contributed by atoms with van der Waals surface area (Å²) in [5.41, 5.74) is 2.39. The molecule has 1 aliphatic heterocycles. The Balaban J connectivity index is 0.00000256. The maximum atomic E-state index is 13.1. The molecule has 4 rings (SSSR count). The zero-order chi connectivity index (χ0) is 20.4. The monoisotopic (exact) mass is 433 g/mol. The number of halogens is 1. The Morgan fingerprint density at radius 1 is 1.17 bits per heavy atom. The van der Waals surface area contributed by atoms with E-state index >= 15 is 0 Å². The Morgan fingerprint density at radius 2 is 1.93 bits per heavy atom. The highest BCUT2D eigenvalue weighted by atomic mass is 35.5. The van der Waals surface area contributed by atoms with Crippen LogP contribution in [0.5, 0.6) is 0 Å². The number of rotatable bonds is 6. The van der Waals surface area contributed by atoms with Crippen molar-refractivity contribution in [2.45, 2.75) is 64.8 Å². The zero-order valence-corrected chi connectivity index (χ0v) is 18.7. The third-order valence-electron chi connectivity index (χ3n) is 6.71. The van der Waals surface area contributed by atoms with E-state index in [0.717, 1.165) is 29.5 Å². The van der Waals surface area contributed by atoms with Gasteiger partial charge in [0.2, 0.25) is 5.76 Å². The molecule has 0 bridgehead atoms. The highest BCUT2D eigenvalue weighted by molar-refractivity contribution is 5.96. The molecule has 1 aliphatic carbocycles. The van der Waals surface area contributed by atoms with Crippen LogP contribution in [0.3, 0.4) is 0 Å². The molecular formula is C24H32ClNO4. The molecule has 1 N–H and O–H groups in total. The van der Waals surface area contributed by atoms with Crippen LogP contribution in [0.2, 0.25) is 0 Å². The highest BCUT2D eigenvalue weighted by Gasteiger charge is 2.37. The number of carbonyl (C=O) groups is 2. The molecule has 0 radical (unpaired) electrons. The molecule has 0 amide bonds. The summed E-state index contributed by atoms with van der Waals surface area (Å²) >= 11 is 0. The van der Waals surface area contributed by atoms with Gasteiger partial charge in [0.25, 0.3) is 0 Å². The van der Waals surface area contributed by atoms with Gasteiger partial charge in [-0.2, -0.15) is 0 Å². The summed E-state index contributed by atoms with van der Waals surface area (Å²) in [6.07, 6.45) is 8.02. The zero-order valence-electron chi connectivity index (χ0n) is 17.9. The number of ketones is 1. The summed E-state index contributed by atoms with van der Waals surface area (Å²) in [4.78, 5) is 25.2. The van der Waals surface area contributed by atoms with Gasteiger partial charge in [-0.15, -0.1) is 12.4 Å². The highest BCUT2D eigenvalue weighted by Crippen LogP contribution is 2.36. The fraction of sp³-hybridized carbons (Fsp3) is 0.583. The lowest BCUT2D eigenvalue weighted by Crippen LogP contribution is -2.40. The maximum Gasteiger partial charge on any atom is 0.374 e. The second kappa shape index (κ2) is 9.97. The largest absolute Gasteiger partial charge is 0.460 e. The van der Waals surface area contributed by atoms with Gasteiger partial charge in [0.15, 0.2) is 5.78 Å². The topological polar surface area (TPSA) is 68.5 Å². The molecule has 6 heteroatoms. The molecule has 164 valence electrons. The molecule has 0 spiro atoms. The minimum absolute atomic E-state index is 0. The first-order valence-electron chi connectivity index (χ1n) is 11.0. The number of Topliss-reactive ketones (excluding diaryl/α,β-unsaturated/α-hetero) is 1. The Morgan fingerprint density at radius 3 is 2.67 bits per heavy atom. The normalized spacial score (nSPS) is 22.1. The van der Waals surface area contributed by atoms with E-state index < -0.39 is 5.97 Å². The van der Waals surface area contributed by atoms with Crippen molar-refractivity contribution in [1.29, 1.82) is 0 Å². The predicted octanol–water partition coefficient (Wildman–Crippen LogP) is 5.01. The first-order chi connectivity index (χ1) is 14.1. The van der Waals surface area contributed by atoms with E-state index in [2.05, 4.69) is 5.32 Å². The van der Waals surface area contributed by atoms with E-state index in [1.807, 2.05) is 25.1 Å². The van der Waals surface area contributed by atoms with Gasteiger partial charge in [-0.3, -0.25) is 4.79 Å². The van der Waals surface area contributed by atoms with Crippen LogP contribution in [-0.2, 0) is 16.0 Å². The molecule has 1 saturated carbocycles. The van der Waals surface area contributed by atoms with Gasteiger partial charge in [-0.05, 0) is 56.3 Å². The van der Waals surface area contributed by atoms with Crippen molar-refractivity contribution in [1.82, 2.24) is 5.32 Å². The van der Waals surface area contributed by atoms with Crippen LogP contribution in [0, 0.1) is 18.8 Å². The van der Waals surface area contributed by atoms with Crippen LogP contribution < -0.4 is 5.32 Å². The number of nitrogens with one attached hydrogen (secondary N) is 1. The van der Waals surface area contributed by atoms with Gasteiger partial charge < -0.3 is 14.5 Å². The van der Waals surface area contributed by atoms with Gasteiger partial charge in [0, 0.05) is 17.4 Å². The fourth-order valence-corrected chi connectivity index (χ4v) is 5.23.